The molecular weight excluding hydrogens is 144 g/mol. The Hall–Kier alpha value is -1.06. The average Bonchev–Trinajstić information content (AvgIpc) is 1.99. The molecule has 1 atom stereocenters. The van der Waals surface area contributed by atoms with Crippen molar-refractivity contribution in [1.82, 2.24) is 5.32 Å². The van der Waals surface area contributed by atoms with E-state index >= 15 is 0 Å². The monoisotopic (exact) mass is 158 g/mol. The van der Waals surface area contributed by atoms with Crippen LogP contribution in [-0.4, -0.2) is 18.4 Å². The maximum absolute atomic E-state index is 10.7. The number of carbonyl (C=O) groups excluding carboxylic acids is 2. The van der Waals surface area contributed by atoms with Gasteiger partial charge in [-0.05, 0) is 0 Å². The fourth-order valence-corrected chi connectivity index (χ4v) is 0.493. The maximum Gasteiger partial charge on any atom is 0.222 e. The van der Waals surface area contributed by atoms with Crippen LogP contribution in [0, 0.1) is 5.92 Å². The molecule has 2 amide bonds. The molecule has 0 fully saturated rings. The predicted molar refractivity (Wildman–Crippen MR) is 41.7 cm³/mol. The molecule has 0 aromatic rings. The summed E-state index contributed by atoms with van der Waals surface area (Å²) in [4.78, 5) is 21.1. The third-order valence-corrected chi connectivity index (χ3v) is 1.41. The number of primary amides is 1. The molecule has 4 nitrogen and oxygen atoms in total. The van der Waals surface area contributed by atoms with E-state index in [9.17, 15) is 9.59 Å². The molecule has 11 heavy (non-hydrogen) atoms. The van der Waals surface area contributed by atoms with Gasteiger partial charge in [0.15, 0.2) is 0 Å². The molecule has 64 valence electrons. The van der Waals surface area contributed by atoms with Gasteiger partial charge in [0.05, 0.1) is 5.92 Å². The van der Waals surface area contributed by atoms with Gasteiger partial charge in [-0.15, -0.1) is 0 Å². The van der Waals surface area contributed by atoms with Gasteiger partial charge in [-0.2, -0.15) is 0 Å². The highest BCUT2D eigenvalue weighted by Gasteiger charge is 2.08. The van der Waals surface area contributed by atoms with Crippen molar-refractivity contribution in [2.24, 2.45) is 11.7 Å². The van der Waals surface area contributed by atoms with E-state index in [0.29, 0.717) is 13.0 Å². The van der Waals surface area contributed by atoms with Crippen LogP contribution in [0.4, 0.5) is 0 Å². The van der Waals surface area contributed by atoms with Crippen molar-refractivity contribution in [2.45, 2.75) is 20.3 Å². The number of amides is 2. The quantitative estimate of drug-likeness (QED) is 0.586. The third-order valence-electron chi connectivity index (χ3n) is 1.41. The van der Waals surface area contributed by atoms with Crippen LogP contribution in [0.2, 0.25) is 0 Å². The van der Waals surface area contributed by atoms with Crippen molar-refractivity contribution in [2.75, 3.05) is 6.54 Å². The molecule has 0 aliphatic heterocycles. The van der Waals surface area contributed by atoms with Crippen LogP contribution in [0.3, 0.4) is 0 Å². The Balaban J connectivity index is 3.54. The van der Waals surface area contributed by atoms with Crippen LogP contribution in [-0.2, 0) is 9.59 Å². The van der Waals surface area contributed by atoms with Gasteiger partial charge in [-0.25, -0.2) is 0 Å². The van der Waals surface area contributed by atoms with E-state index in [1.54, 1.807) is 13.8 Å². The molecule has 0 bridgehead atoms. The predicted octanol–water partition coefficient (Wildman–Crippen LogP) is -0.366. The first-order chi connectivity index (χ1) is 5.07. The standard InChI is InChI=1S/C7H14N2O2/c1-3-6(10)9-4-5(2)7(8)11/h5H,3-4H2,1-2H3,(H2,8,11)(H,9,10). The Labute approximate surface area is 66.1 Å². The minimum atomic E-state index is -0.388. The Morgan fingerprint density at radius 2 is 2.09 bits per heavy atom. The second-order valence-electron chi connectivity index (χ2n) is 2.46. The molecule has 3 N–H and O–H groups in total. The fourth-order valence-electron chi connectivity index (χ4n) is 0.493. The molecule has 0 aliphatic carbocycles. The lowest BCUT2D eigenvalue weighted by Crippen LogP contribution is -2.34. The Bertz CT molecular complexity index is 157. The van der Waals surface area contributed by atoms with E-state index in [1.807, 2.05) is 0 Å². The zero-order valence-electron chi connectivity index (χ0n) is 6.89. The van der Waals surface area contributed by atoms with Crippen LogP contribution < -0.4 is 11.1 Å². The summed E-state index contributed by atoms with van der Waals surface area (Å²) in [5, 5.41) is 2.57. The zero-order valence-corrected chi connectivity index (χ0v) is 6.89. The van der Waals surface area contributed by atoms with Crippen LogP contribution in [0.15, 0.2) is 0 Å². The average molecular weight is 158 g/mol. The van der Waals surface area contributed by atoms with Crippen molar-refractivity contribution >= 4 is 11.8 Å². The molecule has 4 heteroatoms. The molecule has 0 radical (unpaired) electrons. The number of rotatable bonds is 4. The minimum Gasteiger partial charge on any atom is -0.369 e. The smallest absolute Gasteiger partial charge is 0.222 e. The highest BCUT2D eigenvalue weighted by Crippen LogP contribution is 1.89. The number of hydrogen-bond donors (Lipinski definition) is 2. The Kier molecular flexibility index (Phi) is 4.26. The molecular formula is C7H14N2O2. The molecule has 0 rings (SSSR count). The lowest BCUT2D eigenvalue weighted by atomic mass is 10.2. The van der Waals surface area contributed by atoms with Gasteiger partial charge in [0.1, 0.15) is 0 Å². The van der Waals surface area contributed by atoms with Crippen molar-refractivity contribution in [3.05, 3.63) is 0 Å². The molecule has 1 unspecified atom stereocenters. The first-order valence-corrected chi connectivity index (χ1v) is 3.64. The molecule has 0 aromatic carbocycles. The summed E-state index contributed by atoms with van der Waals surface area (Å²) in [5.41, 5.74) is 4.97. The van der Waals surface area contributed by atoms with Crippen LogP contribution in [0.25, 0.3) is 0 Å². The van der Waals surface area contributed by atoms with E-state index in [-0.39, 0.29) is 17.7 Å². The normalized spacial score (nSPS) is 12.2. The second-order valence-corrected chi connectivity index (χ2v) is 2.46. The van der Waals surface area contributed by atoms with Crippen molar-refractivity contribution < 1.29 is 9.59 Å². The largest absolute Gasteiger partial charge is 0.369 e. The summed E-state index contributed by atoms with van der Waals surface area (Å²) in [6, 6.07) is 0. The summed E-state index contributed by atoms with van der Waals surface area (Å²) < 4.78 is 0. The summed E-state index contributed by atoms with van der Waals surface area (Å²) >= 11 is 0. The van der Waals surface area contributed by atoms with Gasteiger partial charge in [0.2, 0.25) is 11.8 Å². The third kappa shape index (κ3) is 4.36. The lowest BCUT2D eigenvalue weighted by Gasteiger charge is -2.07. The molecule has 0 aliphatic rings. The minimum absolute atomic E-state index is 0.0573. The maximum atomic E-state index is 10.7. The highest BCUT2D eigenvalue weighted by molar-refractivity contribution is 5.79. The lowest BCUT2D eigenvalue weighted by molar-refractivity contribution is -0.122. The summed E-state index contributed by atoms with van der Waals surface area (Å²) in [6.07, 6.45) is 0.436. The summed E-state index contributed by atoms with van der Waals surface area (Å²) in [6.45, 7) is 3.77. The van der Waals surface area contributed by atoms with E-state index < -0.39 is 0 Å². The van der Waals surface area contributed by atoms with Crippen LogP contribution in [0.5, 0.6) is 0 Å². The molecule has 0 spiro atoms. The van der Waals surface area contributed by atoms with Crippen molar-refractivity contribution in [1.29, 1.82) is 0 Å². The van der Waals surface area contributed by atoms with Crippen molar-refractivity contribution in [3.63, 3.8) is 0 Å². The number of nitrogens with two attached hydrogens (primary N) is 1. The number of carbonyl (C=O) groups is 2. The van der Waals surface area contributed by atoms with Gasteiger partial charge in [-0.3, -0.25) is 9.59 Å². The molecule has 0 saturated carbocycles. The van der Waals surface area contributed by atoms with Gasteiger partial charge >= 0.3 is 0 Å². The van der Waals surface area contributed by atoms with E-state index in [2.05, 4.69) is 5.32 Å². The van der Waals surface area contributed by atoms with Gasteiger partial charge < -0.3 is 11.1 Å². The van der Waals surface area contributed by atoms with Crippen LogP contribution >= 0.6 is 0 Å². The van der Waals surface area contributed by atoms with Gasteiger partial charge in [-0.1, -0.05) is 13.8 Å². The SMILES string of the molecule is CCC(=O)NCC(C)C(N)=O. The zero-order chi connectivity index (χ0) is 8.85. The van der Waals surface area contributed by atoms with Crippen LogP contribution in [0.1, 0.15) is 20.3 Å². The second kappa shape index (κ2) is 4.71. The van der Waals surface area contributed by atoms with Crippen molar-refractivity contribution in [3.8, 4) is 0 Å². The number of nitrogens with one attached hydrogen (secondary N) is 1. The Morgan fingerprint density at radius 3 is 2.45 bits per heavy atom. The molecule has 0 aromatic heterocycles. The van der Waals surface area contributed by atoms with E-state index in [0.717, 1.165) is 0 Å². The summed E-state index contributed by atoms with van der Waals surface area (Å²) in [7, 11) is 0. The van der Waals surface area contributed by atoms with Gasteiger partial charge in [0.25, 0.3) is 0 Å². The molecule has 0 heterocycles. The Morgan fingerprint density at radius 1 is 1.55 bits per heavy atom. The first-order valence-electron chi connectivity index (χ1n) is 3.64. The summed E-state index contributed by atoms with van der Waals surface area (Å²) in [5.74, 6) is -0.731. The fraction of sp³-hybridized carbons (Fsp3) is 0.714. The number of hydrogen-bond acceptors (Lipinski definition) is 2. The van der Waals surface area contributed by atoms with E-state index in [1.165, 1.54) is 0 Å². The first kappa shape index (κ1) is 9.94. The molecule has 0 saturated heterocycles. The van der Waals surface area contributed by atoms with E-state index in [4.69, 9.17) is 5.73 Å². The van der Waals surface area contributed by atoms with Gasteiger partial charge in [0, 0.05) is 13.0 Å². The highest BCUT2D eigenvalue weighted by atomic mass is 16.2. The topological polar surface area (TPSA) is 72.2 Å².